The predicted octanol–water partition coefficient (Wildman–Crippen LogP) is 8.91. The quantitative estimate of drug-likeness (QED) is 0.101. The molecule has 2 aliphatic rings. The standard InChI is InChI=1S/C38H50O6/c1-22(2)12-11-13-29(25(7)8)37-21-27(17-14-23(3)4)36(9,10)38(35(37)44,32(41)26-16-19-30(39)31(40)20-26)34(43)28(33(37)42)18-15-24(5)6/h12,14-16,19-20,27,29,39-40,42H,7,11,13,17-18,21H2,1-6,8-10H3/t27-,29-,37-,38-/m1/s1. The first-order valence-electron chi connectivity index (χ1n) is 15.5. The summed E-state index contributed by atoms with van der Waals surface area (Å²) < 4.78 is 0. The predicted molar refractivity (Wildman–Crippen MR) is 176 cm³/mol. The highest BCUT2D eigenvalue weighted by Crippen LogP contribution is 2.68. The number of ketones is 3. The van der Waals surface area contributed by atoms with Gasteiger partial charge in [0.25, 0.3) is 0 Å². The molecule has 0 heterocycles. The van der Waals surface area contributed by atoms with Crippen molar-refractivity contribution in [2.45, 2.75) is 94.4 Å². The van der Waals surface area contributed by atoms with Gasteiger partial charge in [-0.15, -0.1) is 0 Å². The van der Waals surface area contributed by atoms with Gasteiger partial charge < -0.3 is 15.3 Å². The molecule has 6 heteroatoms. The third-order valence-electron chi connectivity index (χ3n) is 9.93. The van der Waals surface area contributed by atoms with Crippen LogP contribution in [0.4, 0.5) is 0 Å². The summed E-state index contributed by atoms with van der Waals surface area (Å²) in [5.41, 5.74) is -1.06. The molecule has 44 heavy (non-hydrogen) atoms. The number of carbonyl (C=O) groups is 3. The maximum atomic E-state index is 15.4. The number of carbonyl (C=O) groups excluding carboxylic acids is 3. The molecule has 0 radical (unpaired) electrons. The van der Waals surface area contributed by atoms with Gasteiger partial charge in [0, 0.05) is 11.1 Å². The van der Waals surface area contributed by atoms with Crippen LogP contribution in [0.2, 0.25) is 0 Å². The van der Waals surface area contributed by atoms with Crippen molar-refractivity contribution in [2.24, 2.45) is 28.1 Å². The second-order valence-electron chi connectivity index (χ2n) is 14.1. The Morgan fingerprint density at radius 1 is 0.932 bits per heavy atom. The highest BCUT2D eigenvalue weighted by Gasteiger charge is 2.76. The maximum Gasteiger partial charge on any atom is 0.184 e. The Morgan fingerprint density at radius 3 is 2.05 bits per heavy atom. The zero-order chi connectivity index (χ0) is 33.4. The van der Waals surface area contributed by atoms with E-state index in [1.807, 2.05) is 68.4 Å². The average molecular weight is 603 g/mol. The Balaban J connectivity index is 2.53. The minimum absolute atomic E-state index is 0.0498. The van der Waals surface area contributed by atoms with E-state index in [9.17, 15) is 24.9 Å². The Kier molecular flexibility index (Phi) is 10.1. The number of benzene rings is 1. The van der Waals surface area contributed by atoms with Gasteiger partial charge >= 0.3 is 0 Å². The minimum Gasteiger partial charge on any atom is -0.511 e. The number of phenolic OH excluding ortho intramolecular Hbond substituents is 2. The van der Waals surface area contributed by atoms with Crippen LogP contribution in [0.1, 0.15) is 105 Å². The number of aliphatic hydroxyl groups excluding tert-OH is 1. The first-order chi connectivity index (χ1) is 20.4. The molecule has 238 valence electrons. The number of fused-ring (bicyclic) bond motifs is 2. The Bertz CT molecular complexity index is 1490. The summed E-state index contributed by atoms with van der Waals surface area (Å²) in [6, 6.07) is 3.64. The third-order valence-corrected chi connectivity index (χ3v) is 9.93. The van der Waals surface area contributed by atoms with Crippen LogP contribution in [-0.2, 0) is 9.59 Å². The van der Waals surface area contributed by atoms with Crippen molar-refractivity contribution < 1.29 is 29.7 Å². The van der Waals surface area contributed by atoms with Gasteiger partial charge in [-0.3, -0.25) is 14.4 Å². The topological polar surface area (TPSA) is 112 Å². The van der Waals surface area contributed by atoms with E-state index >= 15 is 4.79 Å². The molecule has 0 saturated heterocycles. The SMILES string of the molecule is C=C(C)[C@@H](CCC=C(C)C)[C@]12C[C@@H](CC=C(C)C)C(C)(C)[C@](C(=O)c3ccc(O)c(O)c3)(C(=O)C(CC=C(C)C)=C1O)C2=O. The molecule has 3 N–H and O–H groups in total. The molecular weight excluding hydrogens is 552 g/mol. The summed E-state index contributed by atoms with van der Waals surface area (Å²) >= 11 is 0. The summed E-state index contributed by atoms with van der Waals surface area (Å²) in [4.78, 5) is 45.3. The lowest BCUT2D eigenvalue weighted by Gasteiger charge is -2.61. The van der Waals surface area contributed by atoms with Crippen LogP contribution in [0.5, 0.6) is 11.5 Å². The fourth-order valence-corrected chi connectivity index (χ4v) is 7.42. The number of aromatic hydroxyl groups is 2. The van der Waals surface area contributed by atoms with Crippen molar-refractivity contribution in [3.05, 3.63) is 82.2 Å². The van der Waals surface area contributed by atoms with Gasteiger partial charge in [-0.25, -0.2) is 0 Å². The third kappa shape index (κ3) is 5.64. The maximum absolute atomic E-state index is 15.4. The Morgan fingerprint density at radius 2 is 1.52 bits per heavy atom. The van der Waals surface area contributed by atoms with Crippen LogP contribution in [-0.4, -0.2) is 32.7 Å². The molecule has 6 nitrogen and oxygen atoms in total. The minimum atomic E-state index is -2.18. The summed E-state index contributed by atoms with van der Waals surface area (Å²) in [6.45, 7) is 21.5. The smallest absolute Gasteiger partial charge is 0.184 e. The second-order valence-corrected chi connectivity index (χ2v) is 14.1. The molecule has 1 aromatic carbocycles. The first-order valence-corrected chi connectivity index (χ1v) is 15.5. The van der Waals surface area contributed by atoms with E-state index in [4.69, 9.17) is 0 Å². The van der Waals surface area contributed by atoms with Crippen LogP contribution in [0, 0.1) is 28.1 Å². The van der Waals surface area contributed by atoms with Crippen LogP contribution < -0.4 is 0 Å². The van der Waals surface area contributed by atoms with Gasteiger partial charge in [0.1, 0.15) is 5.76 Å². The Labute approximate surface area is 263 Å². The van der Waals surface area contributed by atoms with E-state index in [1.54, 1.807) is 0 Å². The molecule has 0 aromatic heterocycles. The van der Waals surface area contributed by atoms with Crippen molar-refractivity contribution in [2.75, 3.05) is 0 Å². The van der Waals surface area contributed by atoms with Crippen molar-refractivity contribution >= 4 is 17.3 Å². The fourth-order valence-electron chi connectivity index (χ4n) is 7.42. The van der Waals surface area contributed by atoms with Crippen molar-refractivity contribution in [1.29, 1.82) is 0 Å². The Hall–Kier alpha value is -3.67. The van der Waals surface area contributed by atoms with E-state index in [-0.39, 0.29) is 35.7 Å². The highest BCUT2D eigenvalue weighted by atomic mass is 16.3. The largest absolute Gasteiger partial charge is 0.511 e. The molecule has 3 rings (SSSR count). The number of Topliss-reactive ketones (excluding diaryl/α,β-unsaturated/α-hetero) is 3. The van der Waals surface area contributed by atoms with Gasteiger partial charge in [0.2, 0.25) is 0 Å². The van der Waals surface area contributed by atoms with Crippen LogP contribution >= 0.6 is 0 Å². The number of hydrogen-bond acceptors (Lipinski definition) is 6. The molecule has 0 amide bonds. The number of rotatable bonds is 11. The lowest BCUT2D eigenvalue weighted by Crippen LogP contribution is -2.71. The fraction of sp³-hybridized carbons (Fsp3) is 0.500. The van der Waals surface area contributed by atoms with Gasteiger partial charge in [-0.1, -0.05) is 60.9 Å². The normalized spacial score (nSPS) is 24.8. The zero-order valence-corrected chi connectivity index (χ0v) is 27.9. The molecule has 0 unspecified atom stereocenters. The summed E-state index contributed by atoms with van der Waals surface area (Å²) in [5, 5.41) is 32.7. The average Bonchev–Trinajstić information content (AvgIpc) is 2.91. The van der Waals surface area contributed by atoms with Crippen LogP contribution in [0.15, 0.2) is 76.6 Å². The van der Waals surface area contributed by atoms with Crippen LogP contribution in [0.25, 0.3) is 0 Å². The van der Waals surface area contributed by atoms with Gasteiger partial charge in [0.15, 0.2) is 34.3 Å². The van der Waals surface area contributed by atoms with E-state index < -0.39 is 51.0 Å². The van der Waals surface area contributed by atoms with E-state index in [1.165, 1.54) is 12.1 Å². The van der Waals surface area contributed by atoms with Gasteiger partial charge in [0.05, 0.1) is 5.41 Å². The number of allylic oxidation sites excluding steroid dienone is 9. The molecule has 2 aliphatic carbocycles. The summed E-state index contributed by atoms with van der Waals surface area (Å²) in [6.07, 6.45) is 7.94. The zero-order valence-electron chi connectivity index (χ0n) is 27.9. The second kappa shape index (κ2) is 12.7. The molecule has 4 atom stereocenters. The van der Waals surface area contributed by atoms with Crippen LogP contribution in [0.3, 0.4) is 0 Å². The van der Waals surface area contributed by atoms with Crippen molar-refractivity contribution in [3.8, 4) is 11.5 Å². The molecule has 1 saturated carbocycles. The molecule has 1 fully saturated rings. The summed E-state index contributed by atoms with van der Waals surface area (Å²) in [5.74, 6) is -4.08. The van der Waals surface area contributed by atoms with Gasteiger partial charge in [-0.2, -0.15) is 0 Å². The first kappa shape index (κ1) is 34.8. The van der Waals surface area contributed by atoms with Crippen molar-refractivity contribution in [1.82, 2.24) is 0 Å². The van der Waals surface area contributed by atoms with E-state index in [2.05, 4.69) is 18.7 Å². The van der Waals surface area contributed by atoms with Gasteiger partial charge in [-0.05, 0) is 116 Å². The molecule has 1 aromatic rings. The molecule has 0 aliphatic heterocycles. The number of hydrogen-bond donors (Lipinski definition) is 3. The van der Waals surface area contributed by atoms with E-state index in [0.29, 0.717) is 24.8 Å². The molecule has 0 spiro atoms. The molecular formula is C38H50O6. The lowest BCUT2D eigenvalue weighted by molar-refractivity contribution is -0.168. The highest BCUT2D eigenvalue weighted by molar-refractivity contribution is 6.36. The monoisotopic (exact) mass is 602 g/mol. The van der Waals surface area contributed by atoms with E-state index in [0.717, 1.165) is 22.8 Å². The van der Waals surface area contributed by atoms with Crippen molar-refractivity contribution in [3.63, 3.8) is 0 Å². The number of phenols is 2. The number of aliphatic hydroxyl groups is 1. The molecule has 2 bridgehead atoms. The summed E-state index contributed by atoms with van der Waals surface area (Å²) in [7, 11) is 0. The lowest BCUT2D eigenvalue weighted by atomic mass is 9.37.